The molecule has 28 heavy (non-hydrogen) atoms. The van der Waals surface area contributed by atoms with Crippen molar-refractivity contribution in [2.45, 2.75) is 13.8 Å². The second kappa shape index (κ2) is 7.03. The molecule has 0 N–H and O–H groups in total. The molecule has 0 saturated heterocycles. The molecular formula is C19H15FN6O2. The summed E-state index contributed by atoms with van der Waals surface area (Å²) in [6.45, 7) is 3.49. The molecule has 0 aliphatic heterocycles. The van der Waals surface area contributed by atoms with Gasteiger partial charge in [-0.3, -0.25) is 0 Å². The normalized spacial score (nSPS) is 10.8. The first-order chi connectivity index (χ1) is 13.5. The molecule has 0 aliphatic rings. The van der Waals surface area contributed by atoms with Gasteiger partial charge >= 0.3 is 5.97 Å². The van der Waals surface area contributed by atoms with Crippen LogP contribution in [0.25, 0.3) is 11.4 Å². The van der Waals surface area contributed by atoms with E-state index in [1.165, 1.54) is 23.1 Å². The van der Waals surface area contributed by atoms with Gasteiger partial charge in [0.2, 0.25) is 0 Å². The molecule has 0 amide bonds. The third-order valence-corrected chi connectivity index (χ3v) is 4.23. The van der Waals surface area contributed by atoms with Crippen LogP contribution < -0.4 is 4.74 Å². The molecule has 0 atom stereocenters. The highest BCUT2D eigenvalue weighted by Crippen LogP contribution is 2.21. The van der Waals surface area contributed by atoms with E-state index in [9.17, 15) is 9.18 Å². The lowest BCUT2D eigenvalue weighted by molar-refractivity contribution is 0.0733. The molecule has 2 heterocycles. The van der Waals surface area contributed by atoms with E-state index in [2.05, 4.69) is 20.6 Å². The van der Waals surface area contributed by atoms with Gasteiger partial charge in [0.15, 0.2) is 0 Å². The van der Waals surface area contributed by atoms with Gasteiger partial charge in [-0.25, -0.2) is 18.5 Å². The Bertz CT molecular complexity index is 1120. The topological polar surface area (TPSA) is 87.7 Å². The highest BCUT2D eigenvalue weighted by molar-refractivity contribution is 5.93. The number of hydrogen-bond acceptors (Lipinski definition) is 6. The number of ether oxygens (including phenoxy) is 1. The second-order valence-corrected chi connectivity index (χ2v) is 6.07. The number of aryl methyl sites for hydroxylation is 1. The van der Waals surface area contributed by atoms with Gasteiger partial charge in [0, 0.05) is 0 Å². The monoisotopic (exact) mass is 378 g/mol. The van der Waals surface area contributed by atoms with Crippen molar-refractivity contribution in [2.24, 2.45) is 0 Å². The van der Waals surface area contributed by atoms with Gasteiger partial charge in [0.25, 0.3) is 0 Å². The van der Waals surface area contributed by atoms with Crippen molar-refractivity contribution in [3.05, 3.63) is 77.6 Å². The molecule has 0 spiro atoms. The highest BCUT2D eigenvalue weighted by Gasteiger charge is 2.21. The van der Waals surface area contributed by atoms with Gasteiger partial charge in [0.1, 0.15) is 23.5 Å². The lowest BCUT2D eigenvalue weighted by Crippen LogP contribution is -2.11. The predicted octanol–water partition coefficient (Wildman–Crippen LogP) is 2.82. The Morgan fingerprint density at radius 3 is 2.32 bits per heavy atom. The molecule has 0 saturated carbocycles. The summed E-state index contributed by atoms with van der Waals surface area (Å²) in [4.78, 5) is 12.7. The standard InChI is InChI=1S/C19H15FN6O2/c1-12-18(13(2)26(22-12)16-5-3-14(20)4-6-16)19(27)28-17-9-7-15(8-10-17)25-11-21-23-24-25/h3-11H,1-2H3. The SMILES string of the molecule is Cc1nn(-c2ccc(F)cc2)c(C)c1C(=O)Oc1ccc(-n2cnnn2)cc1. The highest BCUT2D eigenvalue weighted by atomic mass is 19.1. The minimum atomic E-state index is -0.515. The molecule has 0 unspecified atom stereocenters. The summed E-state index contributed by atoms with van der Waals surface area (Å²) >= 11 is 0. The summed E-state index contributed by atoms with van der Waals surface area (Å²) in [5.74, 6) is -0.469. The van der Waals surface area contributed by atoms with E-state index in [1.54, 1.807) is 54.9 Å². The van der Waals surface area contributed by atoms with Gasteiger partial charge in [-0.05, 0) is 72.8 Å². The number of carbonyl (C=O) groups is 1. The summed E-state index contributed by atoms with van der Waals surface area (Å²) < 4.78 is 21.7. The predicted molar refractivity (Wildman–Crippen MR) is 97.1 cm³/mol. The molecular weight excluding hydrogens is 363 g/mol. The summed E-state index contributed by atoms with van der Waals surface area (Å²) in [5.41, 5.74) is 2.90. The van der Waals surface area contributed by atoms with Crippen molar-refractivity contribution < 1.29 is 13.9 Å². The second-order valence-electron chi connectivity index (χ2n) is 6.07. The maximum absolute atomic E-state index is 13.2. The third-order valence-electron chi connectivity index (χ3n) is 4.23. The fourth-order valence-electron chi connectivity index (χ4n) is 2.88. The van der Waals surface area contributed by atoms with Gasteiger partial charge in [0.05, 0.1) is 22.8 Å². The first-order valence-electron chi connectivity index (χ1n) is 8.40. The molecule has 0 aliphatic carbocycles. The van der Waals surface area contributed by atoms with Crippen molar-refractivity contribution in [1.29, 1.82) is 0 Å². The number of esters is 1. The van der Waals surface area contributed by atoms with Crippen LogP contribution in [0.15, 0.2) is 54.9 Å². The average Bonchev–Trinajstić information content (AvgIpc) is 3.31. The van der Waals surface area contributed by atoms with E-state index < -0.39 is 5.97 Å². The van der Waals surface area contributed by atoms with Crippen LogP contribution in [0, 0.1) is 19.7 Å². The van der Waals surface area contributed by atoms with Crippen LogP contribution in [0.3, 0.4) is 0 Å². The Morgan fingerprint density at radius 2 is 1.68 bits per heavy atom. The van der Waals surface area contributed by atoms with Crippen LogP contribution in [-0.4, -0.2) is 36.0 Å². The quantitative estimate of drug-likeness (QED) is 0.401. The molecule has 9 heteroatoms. The zero-order valence-corrected chi connectivity index (χ0v) is 15.1. The van der Waals surface area contributed by atoms with Crippen LogP contribution in [0.4, 0.5) is 4.39 Å². The van der Waals surface area contributed by atoms with Crippen molar-refractivity contribution in [3.8, 4) is 17.1 Å². The van der Waals surface area contributed by atoms with Gasteiger partial charge in [-0.2, -0.15) is 5.10 Å². The van der Waals surface area contributed by atoms with Crippen molar-refractivity contribution >= 4 is 5.97 Å². The van der Waals surface area contributed by atoms with Gasteiger partial charge < -0.3 is 4.74 Å². The van der Waals surface area contributed by atoms with Gasteiger partial charge in [-0.15, -0.1) is 5.10 Å². The minimum absolute atomic E-state index is 0.338. The van der Waals surface area contributed by atoms with E-state index >= 15 is 0 Å². The van der Waals surface area contributed by atoms with Crippen LogP contribution in [-0.2, 0) is 0 Å². The smallest absolute Gasteiger partial charge is 0.347 e. The van der Waals surface area contributed by atoms with Crippen molar-refractivity contribution in [3.63, 3.8) is 0 Å². The first-order valence-corrected chi connectivity index (χ1v) is 8.40. The van der Waals surface area contributed by atoms with Crippen LogP contribution in [0.5, 0.6) is 5.75 Å². The molecule has 2 aromatic heterocycles. The van der Waals surface area contributed by atoms with E-state index in [-0.39, 0.29) is 5.82 Å². The van der Waals surface area contributed by atoms with Crippen LogP contribution in [0.1, 0.15) is 21.7 Å². The van der Waals surface area contributed by atoms with E-state index in [0.717, 1.165) is 5.69 Å². The molecule has 0 bridgehead atoms. The summed E-state index contributed by atoms with van der Waals surface area (Å²) in [5, 5.41) is 15.3. The average molecular weight is 378 g/mol. The zero-order valence-electron chi connectivity index (χ0n) is 15.1. The summed E-state index contributed by atoms with van der Waals surface area (Å²) in [6, 6.07) is 12.7. The number of aromatic nitrogens is 6. The molecule has 0 radical (unpaired) electrons. The fourth-order valence-corrected chi connectivity index (χ4v) is 2.88. The van der Waals surface area contributed by atoms with Crippen molar-refractivity contribution in [2.75, 3.05) is 0 Å². The summed E-state index contributed by atoms with van der Waals surface area (Å²) in [7, 11) is 0. The van der Waals surface area contributed by atoms with Crippen LogP contribution in [0.2, 0.25) is 0 Å². The number of hydrogen-bond donors (Lipinski definition) is 0. The number of tetrazole rings is 1. The number of benzene rings is 2. The molecule has 0 fully saturated rings. The Kier molecular flexibility index (Phi) is 4.40. The first kappa shape index (κ1) is 17.5. The van der Waals surface area contributed by atoms with E-state index in [0.29, 0.717) is 28.4 Å². The zero-order chi connectivity index (χ0) is 19.7. The number of rotatable bonds is 4. The Hall–Kier alpha value is -3.88. The molecule has 8 nitrogen and oxygen atoms in total. The fraction of sp³-hybridized carbons (Fsp3) is 0.105. The lowest BCUT2D eigenvalue weighted by Gasteiger charge is -2.07. The molecule has 140 valence electrons. The number of halogens is 1. The molecule has 2 aromatic carbocycles. The Balaban J connectivity index is 1.57. The van der Waals surface area contributed by atoms with Crippen molar-refractivity contribution in [1.82, 2.24) is 30.0 Å². The number of nitrogens with zero attached hydrogens (tertiary/aromatic N) is 6. The van der Waals surface area contributed by atoms with Gasteiger partial charge in [-0.1, -0.05) is 0 Å². The maximum Gasteiger partial charge on any atom is 0.347 e. The Morgan fingerprint density at radius 1 is 1.00 bits per heavy atom. The summed E-state index contributed by atoms with van der Waals surface area (Å²) in [6.07, 6.45) is 1.47. The Labute approximate surface area is 159 Å². The lowest BCUT2D eigenvalue weighted by atomic mass is 10.2. The maximum atomic E-state index is 13.2. The largest absolute Gasteiger partial charge is 0.423 e. The van der Waals surface area contributed by atoms with E-state index in [4.69, 9.17) is 4.74 Å². The number of carbonyl (C=O) groups excluding carboxylic acids is 1. The third kappa shape index (κ3) is 3.25. The van der Waals surface area contributed by atoms with Crippen LogP contribution >= 0.6 is 0 Å². The minimum Gasteiger partial charge on any atom is -0.423 e. The molecule has 4 aromatic rings. The van der Waals surface area contributed by atoms with E-state index in [1.807, 2.05) is 0 Å². The molecule has 4 rings (SSSR count).